The number of aromatic carboxylic acids is 2. The summed E-state index contributed by atoms with van der Waals surface area (Å²) in [6.07, 6.45) is 7.50. The average molecular weight is 314 g/mol. The Morgan fingerprint density at radius 2 is 0.826 bits per heavy atom. The van der Waals surface area contributed by atoms with Crippen molar-refractivity contribution in [1.29, 1.82) is 0 Å². The molecule has 122 valence electrons. The molecule has 0 saturated heterocycles. The SMILES string of the molecule is C1CCCC1.O=C(O)c1ccccc1.O=C(O)c1ccccc1. The molecule has 2 aromatic carbocycles. The molecule has 2 N–H and O–H groups in total. The molecule has 4 nitrogen and oxygen atoms in total. The van der Waals surface area contributed by atoms with Crippen LogP contribution in [0, 0.1) is 0 Å². The lowest BCUT2D eigenvalue weighted by atomic mass is 10.2. The summed E-state index contributed by atoms with van der Waals surface area (Å²) in [7, 11) is 0. The Balaban J connectivity index is 0.000000180. The minimum Gasteiger partial charge on any atom is -0.478 e. The second kappa shape index (κ2) is 11.0. The number of carboxylic acids is 2. The first-order chi connectivity index (χ1) is 11.1. The fraction of sp³-hybridized carbons (Fsp3) is 0.263. The quantitative estimate of drug-likeness (QED) is 0.841. The van der Waals surface area contributed by atoms with Gasteiger partial charge in [0.25, 0.3) is 0 Å². The van der Waals surface area contributed by atoms with Gasteiger partial charge in [-0.15, -0.1) is 0 Å². The van der Waals surface area contributed by atoms with E-state index in [4.69, 9.17) is 10.2 Å². The summed E-state index contributed by atoms with van der Waals surface area (Å²) in [5.41, 5.74) is 0.662. The van der Waals surface area contributed by atoms with Crippen molar-refractivity contribution in [2.24, 2.45) is 0 Å². The smallest absolute Gasteiger partial charge is 0.335 e. The van der Waals surface area contributed by atoms with Gasteiger partial charge in [0.05, 0.1) is 11.1 Å². The summed E-state index contributed by atoms with van der Waals surface area (Å²) in [6, 6.07) is 16.6. The highest BCUT2D eigenvalue weighted by Gasteiger charge is 1.97. The monoisotopic (exact) mass is 314 g/mol. The molecule has 3 rings (SSSR count). The number of carbonyl (C=O) groups is 2. The first kappa shape index (κ1) is 18.4. The molecule has 1 aliphatic rings. The Bertz CT molecular complexity index is 518. The van der Waals surface area contributed by atoms with Gasteiger partial charge in [0.2, 0.25) is 0 Å². The van der Waals surface area contributed by atoms with E-state index in [-0.39, 0.29) is 0 Å². The maximum atomic E-state index is 10.2. The van der Waals surface area contributed by atoms with Gasteiger partial charge in [-0.25, -0.2) is 9.59 Å². The molecule has 1 aliphatic carbocycles. The number of benzene rings is 2. The van der Waals surface area contributed by atoms with Gasteiger partial charge in [-0.3, -0.25) is 0 Å². The highest BCUT2D eigenvalue weighted by molar-refractivity contribution is 5.87. The van der Waals surface area contributed by atoms with E-state index in [1.807, 2.05) is 0 Å². The molecule has 2 aromatic rings. The predicted octanol–water partition coefficient (Wildman–Crippen LogP) is 4.72. The molecule has 0 atom stereocenters. The number of carboxylic acid groups (broad SMARTS) is 2. The van der Waals surface area contributed by atoms with Crippen LogP contribution >= 0.6 is 0 Å². The lowest BCUT2D eigenvalue weighted by Crippen LogP contribution is -1.93. The van der Waals surface area contributed by atoms with Gasteiger partial charge in [0.1, 0.15) is 0 Å². The first-order valence-electron chi connectivity index (χ1n) is 7.68. The van der Waals surface area contributed by atoms with E-state index in [1.165, 1.54) is 32.1 Å². The van der Waals surface area contributed by atoms with Gasteiger partial charge in [-0.05, 0) is 24.3 Å². The molecule has 0 unspecified atom stereocenters. The van der Waals surface area contributed by atoms with E-state index >= 15 is 0 Å². The Labute approximate surface area is 136 Å². The van der Waals surface area contributed by atoms with Crippen LogP contribution in [-0.4, -0.2) is 22.2 Å². The normalized spacial score (nSPS) is 12.2. The van der Waals surface area contributed by atoms with Crippen LogP contribution in [0.4, 0.5) is 0 Å². The molecule has 1 fully saturated rings. The van der Waals surface area contributed by atoms with Crippen molar-refractivity contribution in [1.82, 2.24) is 0 Å². The molecule has 0 heterocycles. The summed E-state index contributed by atoms with van der Waals surface area (Å²) < 4.78 is 0. The van der Waals surface area contributed by atoms with Crippen molar-refractivity contribution in [3.05, 3.63) is 71.8 Å². The van der Waals surface area contributed by atoms with Crippen molar-refractivity contribution in [3.63, 3.8) is 0 Å². The van der Waals surface area contributed by atoms with Crippen molar-refractivity contribution in [2.75, 3.05) is 0 Å². The van der Waals surface area contributed by atoms with Crippen molar-refractivity contribution >= 4 is 11.9 Å². The zero-order valence-corrected chi connectivity index (χ0v) is 13.0. The molecule has 1 saturated carbocycles. The molecular weight excluding hydrogens is 292 g/mol. The van der Waals surface area contributed by atoms with Crippen LogP contribution in [-0.2, 0) is 0 Å². The van der Waals surface area contributed by atoms with Gasteiger partial charge in [-0.2, -0.15) is 0 Å². The maximum absolute atomic E-state index is 10.2. The largest absolute Gasteiger partial charge is 0.478 e. The van der Waals surface area contributed by atoms with E-state index in [1.54, 1.807) is 60.7 Å². The van der Waals surface area contributed by atoms with Gasteiger partial charge in [0, 0.05) is 0 Å². The molecule has 0 radical (unpaired) electrons. The summed E-state index contributed by atoms with van der Waals surface area (Å²) in [6.45, 7) is 0. The second-order valence-electron chi connectivity index (χ2n) is 5.11. The second-order valence-corrected chi connectivity index (χ2v) is 5.11. The van der Waals surface area contributed by atoms with E-state index in [9.17, 15) is 9.59 Å². The average Bonchev–Trinajstić information content (AvgIpc) is 3.17. The Morgan fingerprint density at radius 1 is 0.565 bits per heavy atom. The van der Waals surface area contributed by atoms with Crippen LogP contribution < -0.4 is 0 Å². The molecule has 0 amide bonds. The van der Waals surface area contributed by atoms with Crippen LogP contribution in [0.5, 0.6) is 0 Å². The van der Waals surface area contributed by atoms with Crippen molar-refractivity contribution in [2.45, 2.75) is 32.1 Å². The van der Waals surface area contributed by atoms with E-state index in [0.717, 1.165) is 0 Å². The van der Waals surface area contributed by atoms with Crippen LogP contribution in [0.15, 0.2) is 60.7 Å². The highest BCUT2D eigenvalue weighted by atomic mass is 16.4. The molecule has 23 heavy (non-hydrogen) atoms. The summed E-state index contributed by atoms with van der Waals surface area (Å²) in [4.78, 5) is 20.4. The van der Waals surface area contributed by atoms with Gasteiger partial charge in [-0.1, -0.05) is 68.5 Å². The Hall–Kier alpha value is -2.62. The van der Waals surface area contributed by atoms with E-state index < -0.39 is 11.9 Å². The third-order valence-electron chi connectivity index (χ3n) is 3.29. The van der Waals surface area contributed by atoms with Gasteiger partial charge < -0.3 is 10.2 Å². The first-order valence-corrected chi connectivity index (χ1v) is 7.68. The number of hydrogen-bond acceptors (Lipinski definition) is 2. The zero-order valence-electron chi connectivity index (χ0n) is 13.0. The number of rotatable bonds is 2. The third kappa shape index (κ3) is 8.41. The van der Waals surface area contributed by atoms with Crippen LogP contribution in [0.2, 0.25) is 0 Å². The van der Waals surface area contributed by atoms with Crippen LogP contribution in [0.25, 0.3) is 0 Å². The molecule has 0 aromatic heterocycles. The van der Waals surface area contributed by atoms with E-state index in [2.05, 4.69) is 0 Å². The lowest BCUT2D eigenvalue weighted by molar-refractivity contribution is 0.0686. The van der Waals surface area contributed by atoms with Crippen molar-refractivity contribution in [3.8, 4) is 0 Å². The summed E-state index contributed by atoms with van der Waals surface area (Å²) >= 11 is 0. The molecular formula is C19H22O4. The number of hydrogen-bond donors (Lipinski definition) is 2. The van der Waals surface area contributed by atoms with Gasteiger partial charge in [0.15, 0.2) is 0 Å². The lowest BCUT2D eigenvalue weighted by Gasteiger charge is -1.88. The van der Waals surface area contributed by atoms with Crippen molar-refractivity contribution < 1.29 is 19.8 Å². The fourth-order valence-electron chi connectivity index (χ4n) is 2.05. The predicted molar refractivity (Wildman–Crippen MR) is 89.9 cm³/mol. The van der Waals surface area contributed by atoms with E-state index in [0.29, 0.717) is 11.1 Å². The maximum Gasteiger partial charge on any atom is 0.335 e. The molecule has 4 heteroatoms. The molecule has 0 spiro atoms. The molecule has 0 aliphatic heterocycles. The highest BCUT2D eigenvalue weighted by Crippen LogP contribution is 2.15. The topological polar surface area (TPSA) is 74.6 Å². The Kier molecular flexibility index (Phi) is 8.83. The van der Waals surface area contributed by atoms with Crippen LogP contribution in [0.1, 0.15) is 52.8 Å². The minimum atomic E-state index is -0.879. The minimum absolute atomic E-state index is 0.331. The Morgan fingerprint density at radius 3 is 1.00 bits per heavy atom. The fourth-order valence-corrected chi connectivity index (χ4v) is 2.05. The molecule has 0 bridgehead atoms. The zero-order chi connectivity index (χ0) is 16.9. The summed E-state index contributed by atoms with van der Waals surface area (Å²) in [5.74, 6) is -1.76. The van der Waals surface area contributed by atoms with Gasteiger partial charge >= 0.3 is 11.9 Å². The van der Waals surface area contributed by atoms with Crippen LogP contribution in [0.3, 0.4) is 0 Å². The standard InChI is InChI=1S/2C7H6O2.C5H10/c2*8-7(9)6-4-2-1-3-5-6;1-2-4-5-3-1/h2*1-5H,(H,8,9);1-5H2. The summed E-state index contributed by atoms with van der Waals surface area (Å²) in [5, 5.41) is 16.8. The third-order valence-corrected chi connectivity index (χ3v) is 3.29.